The molecule has 0 saturated heterocycles. The van der Waals surface area contributed by atoms with E-state index in [1.165, 1.54) is 31.6 Å². The summed E-state index contributed by atoms with van der Waals surface area (Å²) in [6.45, 7) is 4.34. The molecule has 0 bridgehead atoms. The predicted molar refractivity (Wildman–Crippen MR) is 123 cm³/mol. The summed E-state index contributed by atoms with van der Waals surface area (Å²) in [4.78, 5) is 16.3. The lowest BCUT2D eigenvalue weighted by Gasteiger charge is -2.32. The van der Waals surface area contributed by atoms with Gasteiger partial charge >= 0.3 is 0 Å². The van der Waals surface area contributed by atoms with Gasteiger partial charge in [0.2, 0.25) is 0 Å². The van der Waals surface area contributed by atoms with Gasteiger partial charge in [0.25, 0.3) is 5.92 Å². The maximum absolute atomic E-state index is 14.3. The zero-order valence-corrected chi connectivity index (χ0v) is 19.4. The molecule has 7 nitrogen and oxygen atoms in total. The van der Waals surface area contributed by atoms with Gasteiger partial charge in [0.15, 0.2) is 5.17 Å². The number of thioether (sulfide) groups is 1. The summed E-state index contributed by atoms with van der Waals surface area (Å²) >= 11 is 0.682. The number of aromatic nitrogens is 3. The van der Waals surface area contributed by atoms with Crippen LogP contribution in [0.5, 0.6) is 0 Å². The van der Waals surface area contributed by atoms with Gasteiger partial charge in [0.05, 0.1) is 34.8 Å². The summed E-state index contributed by atoms with van der Waals surface area (Å²) in [6.07, 6.45) is 3.00. The number of hydrogen-bond acceptors (Lipinski definition) is 8. The number of pyridine rings is 1. The van der Waals surface area contributed by atoms with Crippen molar-refractivity contribution in [3.05, 3.63) is 65.0 Å². The molecule has 5 rings (SSSR count). The van der Waals surface area contributed by atoms with E-state index < -0.39 is 34.6 Å². The molecule has 3 aromatic rings. The number of nitrogens with zero attached hydrogens (tertiary/aromatic N) is 5. The molecule has 1 fully saturated rings. The average molecular weight is 487 g/mol. The molecule has 34 heavy (non-hydrogen) atoms. The molecule has 0 amide bonds. The summed E-state index contributed by atoms with van der Waals surface area (Å²) < 4.78 is 41.1. The summed E-state index contributed by atoms with van der Waals surface area (Å²) in [5.41, 5.74) is 7.84. The molecule has 1 unspecified atom stereocenters. The lowest BCUT2D eigenvalue weighted by Crippen LogP contribution is -2.37. The number of alkyl halides is 2. The third-order valence-corrected chi connectivity index (χ3v) is 7.49. The minimum atomic E-state index is -3.15. The largest absolute Gasteiger partial charge is 0.395 e. The molecule has 3 atom stereocenters. The number of aliphatic imine (C=N–C) groups is 1. The van der Waals surface area contributed by atoms with E-state index in [2.05, 4.69) is 19.9 Å². The molecule has 3 heterocycles. The van der Waals surface area contributed by atoms with Crippen LogP contribution in [0.4, 0.5) is 13.2 Å². The first kappa shape index (κ1) is 23.9. The van der Waals surface area contributed by atoms with Crippen LogP contribution in [-0.4, -0.2) is 42.5 Å². The molecule has 0 radical (unpaired) electrons. The van der Waals surface area contributed by atoms with Gasteiger partial charge in [-0.2, -0.15) is 5.26 Å². The highest BCUT2D eigenvalue weighted by Gasteiger charge is 2.87. The molecule has 2 aromatic heterocycles. The van der Waals surface area contributed by atoms with Crippen LogP contribution >= 0.6 is 11.8 Å². The van der Waals surface area contributed by atoms with Crippen molar-refractivity contribution in [1.29, 1.82) is 5.26 Å². The first-order valence-electron chi connectivity index (χ1n) is 10.3. The van der Waals surface area contributed by atoms with Crippen LogP contribution in [0.2, 0.25) is 0 Å². The standard InChI is InChI=1S/C14H15F3N2OS.C9H6N4/c1-7-3-4-9(15)8(5-7)12(2)10-13(6-20,14(10,16)17)21-11(18)19-12;1-6-9-8(13-5-12-6)2-7(3-10)4-11-9/h3-5,10,20H,6H2,1-2H3,(H2,18,19);2,4-5H,1H3/t10?,12-,13-;/m1./s1. The molecule has 1 aliphatic heterocycles. The average Bonchev–Trinajstić information content (AvgIpc) is 3.31. The molecule has 1 aromatic carbocycles. The molecule has 2 aliphatic rings. The van der Waals surface area contributed by atoms with Crippen LogP contribution in [0, 0.1) is 36.9 Å². The van der Waals surface area contributed by atoms with E-state index in [0.29, 0.717) is 22.8 Å². The summed E-state index contributed by atoms with van der Waals surface area (Å²) in [6, 6.07) is 8.04. The Labute approximate surface area is 198 Å². The van der Waals surface area contributed by atoms with Crippen molar-refractivity contribution in [3.8, 4) is 6.07 Å². The Balaban J connectivity index is 0.000000180. The van der Waals surface area contributed by atoms with Crippen molar-refractivity contribution >= 4 is 28.0 Å². The first-order valence-corrected chi connectivity index (χ1v) is 11.1. The summed E-state index contributed by atoms with van der Waals surface area (Å²) in [7, 11) is 0. The number of aliphatic hydroxyl groups is 1. The van der Waals surface area contributed by atoms with Crippen LogP contribution < -0.4 is 5.73 Å². The minimum absolute atomic E-state index is 0.0547. The third-order valence-electron chi connectivity index (χ3n) is 6.19. The second kappa shape index (κ2) is 8.21. The third kappa shape index (κ3) is 3.58. The number of hydrogen-bond donors (Lipinski definition) is 2. The van der Waals surface area contributed by atoms with Crippen molar-refractivity contribution in [3.63, 3.8) is 0 Å². The molecular weight excluding hydrogens is 465 g/mol. The Kier molecular flexibility index (Phi) is 5.78. The van der Waals surface area contributed by atoms with Crippen LogP contribution in [0.3, 0.4) is 0 Å². The van der Waals surface area contributed by atoms with Crippen molar-refractivity contribution < 1.29 is 18.3 Å². The number of nitriles is 1. The van der Waals surface area contributed by atoms with Crippen LogP contribution in [0.15, 0.2) is 41.8 Å². The fraction of sp³-hybridized carbons (Fsp3) is 0.348. The monoisotopic (exact) mass is 486 g/mol. The molecular formula is C23H21F3N6OS. The summed E-state index contributed by atoms with van der Waals surface area (Å²) in [5.74, 6) is -5.03. The number of aliphatic hydroxyl groups excluding tert-OH is 1. The topological polar surface area (TPSA) is 121 Å². The molecule has 11 heteroatoms. The van der Waals surface area contributed by atoms with Gasteiger partial charge in [-0.1, -0.05) is 29.5 Å². The highest BCUT2D eigenvalue weighted by molar-refractivity contribution is 8.15. The predicted octanol–water partition coefficient (Wildman–Crippen LogP) is 3.61. The van der Waals surface area contributed by atoms with Crippen LogP contribution in [-0.2, 0) is 5.54 Å². The quantitative estimate of drug-likeness (QED) is 0.568. The molecule has 176 valence electrons. The second-order valence-electron chi connectivity index (χ2n) is 8.45. The Morgan fingerprint density at radius 2 is 1.94 bits per heavy atom. The fourth-order valence-corrected chi connectivity index (χ4v) is 5.84. The Morgan fingerprint density at radius 3 is 2.62 bits per heavy atom. The van der Waals surface area contributed by atoms with Gasteiger partial charge in [-0.25, -0.2) is 23.1 Å². The van der Waals surface area contributed by atoms with E-state index in [0.717, 1.165) is 16.8 Å². The van der Waals surface area contributed by atoms with Crippen LogP contribution in [0.1, 0.15) is 29.3 Å². The first-order chi connectivity index (χ1) is 16.0. The SMILES string of the molecule is Cc1ccc(F)c([C@@]2(C)N=C(N)S[C@]3(CO)C2C3(F)F)c1.Cc1ncnc2cc(C#N)cnc12. The Hall–Kier alpha value is -3.23. The molecule has 3 N–H and O–H groups in total. The zero-order chi connectivity index (χ0) is 24.9. The Bertz CT molecular complexity index is 1360. The number of rotatable bonds is 2. The fourth-order valence-electron chi connectivity index (χ4n) is 4.47. The van der Waals surface area contributed by atoms with E-state index in [9.17, 15) is 18.3 Å². The van der Waals surface area contributed by atoms with Gasteiger partial charge < -0.3 is 10.8 Å². The lowest BCUT2D eigenvalue weighted by atomic mass is 9.85. The van der Waals surface area contributed by atoms with E-state index in [1.807, 2.05) is 13.0 Å². The smallest absolute Gasteiger partial charge is 0.272 e. The van der Waals surface area contributed by atoms with Gasteiger partial charge in [0.1, 0.15) is 28.5 Å². The second-order valence-corrected chi connectivity index (χ2v) is 9.80. The van der Waals surface area contributed by atoms with Crippen molar-refractivity contribution in [2.45, 2.75) is 37.0 Å². The maximum atomic E-state index is 14.3. The van der Waals surface area contributed by atoms with Crippen molar-refractivity contribution in [2.24, 2.45) is 16.6 Å². The summed E-state index contributed by atoms with van der Waals surface area (Å²) in [5, 5.41) is 18.0. The van der Waals surface area contributed by atoms with E-state index in [1.54, 1.807) is 19.1 Å². The van der Waals surface area contributed by atoms with Gasteiger partial charge in [0, 0.05) is 11.8 Å². The number of halogens is 3. The van der Waals surface area contributed by atoms with Crippen LogP contribution in [0.25, 0.3) is 11.0 Å². The van der Waals surface area contributed by atoms with Gasteiger partial charge in [-0.3, -0.25) is 9.98 Å². The highest BCUT2D eigenvalue weighted by Crippen LogP contribution is 2.74. The number of fused-ring (bicyclic) bond motifs is 2. The number of aryl methyl sites for hydroxylation is 2. The van der Waals surface area contributed by atoms with E-state index in [4.69, 9.17) is 11.0 Å². The number of amidine groups is 1. The van der Waals surface area contributed by atoms with Crippen molar-refractivity contribution in [2.75, 3.05) is 6.61 Å². The zero-order valence-electron chi connectivity index (χ0n) is 18.6. The molecule has 1 saturated carbocycles. The maximum Gasteiger partial charge on any atom is 0.272 e. The Morgan fingerprint density at radius 1 is 1.21 bits per heavy atom. The number of nitrogens with two attached hydrogens (primary N) is 1. The number of benzene rings is 1. The van der Waals surface area contributed by atoms with Gasteiger partial charge in [-0.05, 0) is 32.9 Å². The van der Waals surface area contributed by atoms with E-state index >= 15 is 0 Å². The van der Waals surface area contributed by atoms with Crippen molar-refractivity contribution in [1.82, 2.24) is 15.0 Å². The normalized spacial score (nSPS) is 26.5. The van der Waals surface area contributed by atoms with Gasteiger partial charge in [-0.15, -0.1) is 0 Å². The van der Waals surface area contributed by atoms with E-state index in [-0.39, 0.29) is 10.7 Å². The minimum Gasteiger partial charge on any atom is -0.395 e. The highest BCUT2D eigenvalue weighted by atomic mass is 32.2. The lowest BCUT2D eigenvalue weighted by molar-refractivity contribution is 0.0685. The molecule has 1 aliphatic carbocycles. The molecule has 0 spiro atoms.